The molecule has 0 unspecified atom stereocenters. The zero-order chi connectivity index (χ0) is 23.7. The molecule has 5 nitrogen and oxygen atoms in total. The van der Waals surface area contributed by atoms with Gasteiger partial charge in [-0.15, -0.1) is 0 Å². The van der Waals surface area contributed by atoms with Crippen LogP contribution < -0.4 is 4.74 Å². The minimum Gasteiger partial charge on any atom is -0.457 e. The second-order valence-corrected chi connectivity index (χ2v) is 9.84. The van der Waals surface area contributed by atoms with Crippen LogP contribution in [0, 0.1) is 11.3 Å². The number of halogens is 3. The second-order valence-electron chi connectivity index (χ2n) is 7.99. The molecule has 3 rings (SSSR count). The van der Waals surface area contributed by atoms with Crippen molar-refractivity contribution in [2.75, 3.05) is 0 Å². The molecule has 3 aromatic rings. The third kappa shape index (κ3) is 4.60. The maximum absolute atomic E-state index is 13.3. The average Bonchev–Trinajstić information content (AvgIpc) is 2.72. The highest BCUT2D eigenvalue weighted by atomic mass is 32.2. The molecule has 0 radical (unpaired) electrons. The van der Waals surface area contributed by atoms with E-state index in [4.69, 9.17) is 4.74 Å². The van der Waals surface area contributed by atoms with Crippen LogP contribution in [0.5, 0.6) is 11.5 Å². The van der Waals surface area contributed by atoms with Gasteiger partial charge in [-0.1, -0.05) is 51.1 Å². The van der Waals surface area contributed by atoms with Gasteiger partial charge in [0.2, 0.25) is 0 Å². The van der Waals surface area contributed by atoms with Crippen LogP contribution in [0.4, 0.5) is 13.2 Å². The summed E-state index contributed by atoms with van der Waals surface area (Å²) in [6.07, 6.45) is 0. The summed E-state index contributed by atoms with van der Waals surface area (Å²) in [5.74, 6) is 1.06. The zero-order valence-electron chi connectivity index (χ0n) is 17.4. The summed E-state index contributed by atoms with van der Waals surface area (Å²) in [6.45, 7) is 5.06. The van der Waals surface area contributed by atoms with Crippen LogP contribution in [-0.4, -0.2) is 18.9 Å². The van der Waals surface area contributed by atoms with Gasteiger partial charge >= 0.3 is 5.51 Å². The van der Waals surface area contributed by atoms with Gasteiger partial charge in [-0.05, 0) is 35.9 Å². The molecule has 0 saturated carbocycles. The number of ether oxygens (including phenoxy) is 1. The van der Waals surface area contributed by atoms with Crippen LogP contribution in [-0.2, 0) is 15.3 Å². The number of hydrogen-bond acceptors (Lipinski definition) is 5. The first-order chi connectivity index (χ1) is 14.8. The number of nitrogens with zero attached hydrogens (tertiary/aromatic N) is 2. The summed E-state index contributed by atoms with van der Waals surface area (Å²) in [5, 5.41) is 8.29. The average molecular weight is 460 g/mol. The number of hydrogen-bond donors (Lipinski definition) is 0. The van der Waals surface area contributed by atoms with Gasteiger partial charge in [-0.25, -0.2) is 13.4 Å². The number of sulfone groups is 1. The molecule has 166 valence electrons. The molecule has 0 fully saturated rings. The fourth-order valence-corrected chi connectivity index (χ4v) is 3.73. The molecule has 0 saturated heterocycles. The molecular weight excluding hydrogens is 441 g/mol. The predicted octanol–water partition coefficient (Wildman–Crippen LogP) is 6.00. The van der Waals surface area contributed by atoms with Crippen LogP contribution in [0.3, 0.4) is 0 Å². The largest absolute Gasteiger partial charge is 0.503 e. The Morgan fingerprint density at radius 1 is 0.938 bits per heavy atom. The number of nitriles is 1. The quantitative estimate of drug-likeness (QED) is 0.477. The molecule has 0 aliphatic carbocycles. The molecule has 9 heteroatoms. The standard InChI is InChI=1S/C23H19F3N2O3S/c1-22(2,3)20-13-18(19(14-27)21(28-20)32(29,30)23(24,25)26)15-9-11-17(12-10-15)31-16-7-5-4-6-8-16/h4-13H,1-3H3. The lowest BCUT2D eigenvalue weighted by Crippen LogP contribution is -2.27. The van der Waals surface area contributed by atoms with Crippen molar-refractivity contribution in [1.29, 1.82) is 5.26 Å². The number of benzene rings is 2. The summed E-state index contributed by atoms with van der Waals surface area (Å²) in [4.78, 5) is 3.76. The molecule has 0 bridgehead atoms. The fourth-order valence-electron chi connectivity index (χ4n) is 2.87. The topological polar surface area (TPSA) is 80.0 Å². The van der Waals surface area contributed by atoms with E-state index in [1.807, 2.05) is 6.07 Å². The van der Waals surface area contributed by atoms with Gasteiger partial charge in [-0.2, -0.15) is 18.4 Å². The Kier molecular flexibility index (Phi) is 6.03. The Balaban J connectivity index is 2.17. The first kappa shape index (κ1) is 23.3. The van der Waals surface area contributed by atoms with E-state index in [9.17, 15) is 26.9 Å². The van der Waals surface area contributed by atoms with Crippen molar-refractivity contribution in [2.45, 2.75) is 36.7 Å². The maximum atomic E-state index is 13.3. The molecular formula is C23H19F3N2O3S. The van der Waals surface area contributed by atoms with E-state index < -0.39 is 31.3 Å². The van der Waals surface area contributed by atoms with E-state index in [2.05, 4.69) is 4.98 Å². The SMILES string of the molecule is CC(C)(C)c1cc(-c2ccc(Oc3ccccc3)cc2)c(C#N)c(S(=O)(=O)C(F)(F)F)n1. The first-order valence-corrected chi connectivity index (χ1v) is 10.9. The van der Waals surface area contributed by atoms with Crippen LogP contribution in [0.15, 0.2) is 65.7 Å². The third-order valence-corrected chi connectivity index (χ3v) is 5.98. The van der Waals surface area contributed by atoms with Crippen molar-refractivity contribution in [3.05, 3.63) is 71.9 Å². The molecule has 0 N–H and O–H groups in total. The van der Waals surface area contributed by atoms with E-state index in [0.29, 0.717) is 17.1 Å². The highest BCUT2D eigenvalue weighted by Gasteiger charge is 2.50. The van der Waals surface area contributed by atoms with Gasteiger partial charge in [-0.3, -0.25) is 0 Å². The smallest absolute Gasteiger partial charge is 0.457 e. The van der Waals surface area contributed by atoms with E-state index in [0.717, 1.165) is 0 Å². The molecule has 0 atom stereocenters. The van der Waals surface area contributed by atoms with E-state index in [1.165, 1.54) is 6.07 Å². The van der Waals surface area contributed by atoms with E-state index in [1.54, 1.807) is 75.4 Å². The molecule has 2 aromatic carbocycles. The Morgan fingerprint density at radius 3 is 2.00 bits per heavy atom. The number of para-hydroxylation sites is 1. The summed E-state index contributed by atoms with van der Waals surface area (Å²) in [6, 6.07) is 18.3. The van der Waals surface area contributed by atoms with Gasteiger partial charge in [0.25, 0.3) is 9.84 Å². The molecule has 32 heavy (non-hydrogen) atoms. The van der Waals surface area contributed by atoms with Gasteiger partial charge in [0.05, 0.1) is 5.56 Å². The van der Waals surface area contributed by atoms with Crippen molar-refractivity contribution in [1.82, 2.24) is 4.98 Å². The first-order valence-electron chi connectivity index (χ1n) is 9.45. The van der Waals surface area contributed by atoms with Crippen LogP contribution >= 0.6 is 0 Å². The van der Waals surface area contributed by atoms with Gasteiger partial charge in [0.1, 0.15) is 17.6 Å². The predicted molar refractivity (Wildman–Crippen MR) is 113 cm³/mol. The summed E-state index contributed by atoms with van der Waals surface area (Å²) >= 11 is 0. The van der Waals surface area contributed by atoms with E-state index in [-0.39, 0.29) is 11.3 Å². The highest BCUT2D eigenvalue weighted by molar-refractivity contribution is 7.92. The fraction of sp³-hybridized carbons (Fsp3) is 0.217. The summed E-state index contributed by atoms with van der Waals surface area (Å²) < 4.78 is 70.0. The Morgan fingerprint density at radius 2 is 1.50 bits per heavy atom. The number of alkyl halides is 3. The van der Waals surface area contributed by atoms with Gasteiger partial charge < -0.3 is 4.74 Å². The monoisotopic (exact) mass is 460 g/mol. The van der Waals surface area contributed by atoms with Gasteiger partial charge in [0.15, 0.2) is 5.03 Å². The Labute approximate surface area is 184 Å². The Bertz CT molecular complexity index is 1270. The van der Waals surface area contributed by atoms with Crippen LogP contribution in [0.1, 0.15) is 32.0 Å². The molecule has 1 heterocycles. The molecule has 0 spiro atoms. The van der Waals surface area contributed by atoms with Crippen LogP contribution in [0.25, 0.3) is 11.1 Å². The molecule has 0 amide bonds. The lowest BCUT2D eigenvalue weighted by molar-refractivity contribution is -0.0438. The highest BCUT2D eigenvalue weighted by Crippen LogP contribution is 2.38. The van der Waals surface area contributed by atoms with Crippen molar-refractivity contribution in [3.8, 4) is 28.7 Å². The molecule has 0 aliphatic rings. The third-order valence-electron chi connectivity index (χ3n) is 4.57. The lowest BCUT2D eigenvalue weighted by atomic mass is 9.89. The van der Waals surface area contributed by atoms with Crippen molar-refractivity contribution >= 4 is 9.84 Å². The van der Waals surface area contributed by atoms with Crippen molar-refractivity contribution in [2.24, 2.45) is 0 Å². The maximum Gasteiger partial charge on any atom is 0.503 e. The van der Waals surface area contributed by atoms with Crippen molar-refractivity contribution < 1.29 is 26.3 Å². The van der Waals surface area contributed by atoms with Gasteiger partial charge in [0, 0.05) is 16.7 Å². The molecule has 0 aliphatic heterocycles. The summed E-state index contributed by atoms with van der Waals surface area (Å²) in [7, 11) is -5.84. The number of pyridine rings is 1. The Hall–Kier alpha value is -3.38. The minimum absolute atomic E-state index is 0.0431. The minimum atomic E-state index is -5.84. The zero-order valence-corrected chi connectivity index (χ0v) is 18.3. The summed E-state index contributed by atoms with van der Waals surface area (Å²) in [5.41, 5.74) is -6.51. The number of aromatic nitrogens is 1. The number of rotatable bonds is 4. The van der Waals surface area contributed by atoms with Crippen LogP contribution in [0.2, 0.25) is 0 Å². The van der Waals surface area contributed by atoms with E-state index >= 15 is 0 Å². The van der Waals surface area contributed by atoms with Crippen molar-refractivity contribution in [3.63, 3.8) is 0 Å². The lowest BCUT2D eigenvalue weighted by Gasteiger charge is -2.21. The normalized spacial score (nSPS) is 12.3. The molecule has 1 aromatic heterocycles. The second kappa shape index (κ2) is 8.28.